The topological polar surface area (TPSA) is 81.1 Å². The molecule has 0 spiro atoms. The first-order valence-corrected chi connectivity index (χ1v) is 11.5. The highest BCUT2D eigenvalue weighted by molar-refractivity contribution is 7.99. The Hall–Kier alpha value is -3.78. The van der Waals surface area contributed by atoms with Crippen molar-refractivity contribution in [3.8, 4) is 11.4 Å². The van der Waals surface area contributed by atoms with Crippen LogP contribution in [0.4, 0.5) is 11.4 Å². The van der Waals surface area contributed by atoms with E-state index in [4.69, 9.17) is 4.74 Å². The molecule has 0 fully saturated rings. The molecule has 8 heteroatoms. The van der Waals surface area contributed by atoms with Gasteiger partial charge in [0.25, 0.3) is 0 Å². The molecule has 0 radical (unpaired) electrons. The standard InChI is InChI=1S/C25H25N5O2S/c1-18-8-10-19(11-9-18)26-16-23-28-29-25(30(23)21-6-4-3-5-7-21)33-17-24(31)27-20-12-14-22(32-2)15-13-20/h3-15,26H,16-17H2,1-2H3,(H,27,31). The monoisotopic (exact) mass is 459 g/mol. The summed E-state index contributed by atoms with van der Waals surface area (Å²) in [6.07, 6.45) is 0. The fourth-order valence-corrected chi connectivity index (χ4v) is 3.97. The van der Waals surface area contributed by atoms with Gasteiger partial charge in [-0.2, -0.15) is 0 Å². The van der Waals surface area contributed by atoms with Gasteiger partial charge in [-0.1, -0.05) is 47.7 Å². The number of benzene rings is 3. The minimum absolute atomic E-state index is 0.118. The second-order valence-corrected chi connectivity index (χ2v) is 8.30. The Bertz CT molecular complexity index is 1190. The number of anilines is 2. The zero-order valence-electron chi connectivity index (χ0n) is 18.5. The summed E-state index contributed by atoms with van der Waals surface area (Å²) < 4.78 is 7.13. The number of thioether (sulfide) groups is 1. The van der Waals surface area contributed by atoms with Crippen molar-refractivity contribution in [2.45, 2.75) is 18.6 Å². The normalized spacial score (nSPS) is 10.6. The van der Waals surface area contributed by atoms with E-state index in [0.29, 0.717) is 17.4 Å². The molecule has 0 aliphatic heterocycles. The summed E-state index contributed by atoms with van der Waals surface area (Å²) in [4.78, 5) is 12.5. The number of ether oxygens (including phenoxy) is 1. The number of hydrogen-bond donors (Lipinski definition) is 2. The summed E-state index contributed by atoms with van der Waals surface area (Å²) in [5, 5.41) is 15.7. The lowest BCUT2D eigenvalue weighted by molar-refractivity contribution is -0.113. The van der Waals surface area contributed by atoms with E-state index in [1.807, 2.05) is 71.3 Å². The van der Waals surface area contributed by atoms with Gasteiger partial charge in [0.1, 0.15) is 5.75 Å². The summed E-state index contributed by atoms with van der Waals surface area (Å²) in [6.45, 7) is 2.56. The maximum atomic E-state index is 12.5. The van der Waals surface area contributed by atoms with Crippen LogP contribution in [-0.4, -0.2) is 33.5 Å². The molecule has 1 aromatic heterocycles. The zero-order valence-corrected chi connectivity index (χ0v) is 19.3. The second kappa shape index (κ2) is 10.7. The number of amides is 1. The number of carbonyl (C=O) groups excluding carboxylic acids is 1. The highest BCUT2D eigenvalue weighted by atomic mass is 32.2. The Morgan fingerprint density at radius 3 is 2.33 bits per heavy atom. The molecule has 0 bridgehead atoms. The van der Waals surface area contributed by atoms with Crippen molar-refractivity contribution < 1.29 is 9.53 Å². The van der Waals surface area contributed by atoms with Gasteiger partial charge in [0.15, 0.2) is 11.0 Å². The first-order chi connectivity index (χ1) is 16.1. The number of hydrogen-bond acceptors (Lipinski definition) is 6. The van der Waals surface area contributed by atoms with E-state index in [0.717, 1.165) is 22.9 Å². The summed E-state index contributed by atoms with van der Waals surface area (Å²) in [6, 6.07) is 25.3. The summed E-state index contributed by atoms with van der Waals surface area (Å²) >= 11 is 1.35. The Morgan fingerprint density at radius 2 is 1.64 bits per heavy atom. The van der Waals surface area contributed by atoms with Crippen LogP contribution < -0.4 is 15.4 Å². The minimum atomic E-state index is -0.118. The quantitative estimate of drug-likeness (QED) is 0.346. The van der Waals surface area contributed by atoms with Gasteiger partial charge < -0.3 is 15.4 Å². The lowest BCUT2D eigenvalue weighted by Crippen LogP contribution is -2.15. The Morgan fingerprint density at radius 1 is 0.939 bits per heavy atom. The molecule has 4 aromatic rings. The Labute approximate surface area is 197 Å². The fraction of sp³-hybridized carbons (Fsp3) is 0.160. The van der Waals surface area contributed by atoms with Crippen molar-refractivity contribution in [1.82, 2.24) is 14.8 Å². The van der Waals surface area contributed by atoms with E-state index < -0.39 is 0 Å². The number of methoxy groups -OCH3 is 1. The molecule has 0 aliphatic carbocycles. The Balaban J connectivity index is 1.46. The smallest absolute Gasteiger partial charge is 0.234 e. The van der Waals surface area contributed by atoms with E-state index in [1.54, 1.807) is 7.11 Å². The van der Waals surface area contributed by atoms with E-state index in [-0.39, 0.29) is 11.7 Å². The maximum absolute atomic E-state index is 12.5. The van der Waals surface area contributed by atoms with Crippen molar-refractivity contribution in [2.75, 3.05) is 23.5 Å². The van der Waals surface area contributed by atoms with Crippen LogP contribution in [0.2, 0.25) is 0 Å². The van der Waals surface area contributed by atoms with E-state index in [1.165, 1.54) is 17.3 Å². The fourth-order valence-electron chi connectivity index (χ4n) is 3.20. The lowest BCUT2D eigenvalue weighted by atomic mass is 10.2. The second-order valence-electron chi connectivity index (χ2n) is 7.35. The van der Waals surface area contributed by atoms with Gasteiger partial charge in [-0.05, 0) is 55.5 Å². The van der Waals surface area contributed by atoms with Crippen LogP contribution in [0.25, 0.3) is 5.69 Å². The average molecular weight is 460 g/mol. The largest absolute Gasteiger partial charge is 0.497 e. The van der Waals surface area contributed by atoms with Crippen LogP contribution in [0.3, 0.4) is 0 Å². The Kier molecular flexibility index (Phi) is 7.26. The highest BCUT2D eigenvalue weighted by Crippen LogP contribution is 2.23. The summed E-state index contributed by atoms with van der Waals surface area (Å²) in [5.74, 6) is 1.60. The van der Waals surface area contributed by atoms with Crippen LogP contribution in [0.5, 0.6) is 5.75 Å². The molecule has 2 N–H and O–H groups in total. The van der Waals surface area contributed by atoms with Gasteiger partial charge in [0.2, 0.25) is 5.91 Å². The third-order valence-electron chi connectivity index (χ3n) is 4.92. The number of para-hydroxylation sites is 1. The first kappa shape index (κ1) is 22.4. The van der Waals surface area contributed by atoms with Gasteiger partial charge in [-0.15, -0.1) is 10.2 Å². The molecule has 0 aliphatic rings. The molecule has 0 saturated heterocycles. The molecule has 3 aromatic carbocycles. The molecule has 0 atom stereocenters. The minimum Gasteiger partial charge on any atom is -0.497 e. The number of nitrogens with zero attached hydrogens (tertiary/aromatic N) is 3. The molecule has 4 rings (SSSR count). The SMILES string of the molecule is COc1ccc(NC(=O)CSc2nnc(CNc3ccc(C)cc3)n2-c2ccccc2)cc1. The predicted octanol–water partition coefficient (Wildman–Crippen LogP) is 4.93. The first-order valence-electron chi connectivity index (χ1n) is 10.5. The van der Waals surface area contributed by atoms with E-state index in [2.05, 4.69) is 39.9 Å². The summed E-state index contributed by atoms with van der Waals surface area (Å²) in [5.41, 5.74) is 3.88. The van der Waals surface area contributed by atoms with Gasteiger partial charge in [0.05, 0.1) is 19.4 Å². The van der Waals surface area contributed by atoms with Crippen LogP contribution in [0, 0.1) is 6.92 Å². The molecule has 33 heavy (non-hydrogen) atoms. The van der Waals surface area contributed by atoms with Crippen molar-refractivity contribution in [3.63, 3.8) is 0 Å². The molecule has 0 saturated carbocycles. The van der Waals surface area contributed by atoms with Gasteiger partial charge in [0, 0.05) is 17.1 Å². The summed E-state index contributed by atoms with van der Waals surface area (Å²) in [7, 11) is 1.61. The molecule has 7 nitrogen and oxygen atoms in total. The van der Waals surface area contributed by atoms with Crippen molar-refractivity contribution >= 4 is 29.0 Å². The predicted molar refractivity (Wildman–Crippen MR) is 132 cm³/mol. The maximum Gasteiger partial charge on any atom is 0.234 e. The molecule has 168 valence electrons. The number of rotatable bonds is 9. The molecule has 1 amide bonds. The van der Waals surface area contributed by atoms with E-state index >= 15 is 0 Å². The van der Waals surface area contributed by atoms with Crippen molar-refractivity contribution in [2.24, 2.45) is 0 Å². The van der Waals surface area contributed by atoms with Gasteiger partial charge in [-0.25, -0.2) is 0 Å². The molecule has 1 heterocycles. The molecule has 0 unspecified atom stereocenters. The van der Waals surface area contributed by atoms with E-state index in [9.17, 15) is 4.79 Å². The molecular formula is C25H25N5O2S. The third-order valence-corrected chi connectivity index (χ3v) is 5.85. The number of nitrogens with one attached hydrogen (secondary N) is 2. The molecular weight excluding hydrogens is 434 g/mol. The average Bonchev–Trinajstić information content (AvgIpc) is 3.26. The number of aryl methyl sites for hydroxylation is 1. The van der Waals surface area contributed by atoms with Crippen molar-refractivity contribution in [3.05, 3.63) is 90.3 Å². The zero-order chi connectivity index (χ0) is 23.0. The number of aromatic nitrogens is 3. The highest BCUT2D eigenvalue weighted by Gasteiger charge is 2.16. The van der Waals surface area contributed by atoms with Gasteiger partial charge >= 0.3 is 0 Å². The van der Waals surface area contributed by atoms with Crippen LogP contribution >= 0.6 is 11.8 Å². The van der Waals surface area contributed by atoms with Crippen LogP contribution in [-0.2, 0) is 11.3 Å². The van der Waals surface area contributed by atoms with Crippen molar-refractivity contribution in [1.29, 1.82) is 0 Å². The number of carbonyl (C=O) groups is 1. The van der Waals surface area contributed by atoms with Crippen LogP contribution in [0.15, 0.2) is 84.0 Å². The van der Waals surface area contributed by atoms with Crippen LogP contribution in [0.1, 0.15) is 11.4 Å². The third kappa shape index (κ3) is 5.93. The lowest BCUT2D eigenvalue weighted by Gasteiger charge is -2.12. The van der Waals surface area contributed by atoms with Gasteiger partial charge in [-0.3, -0.25) is 9.36 Å².